The molecule has 1 aromatic carbocycles. The van der Waals surface area contributed by atoms with E-state index in [2.05, 4.69) is 18.8 Å². The molecule has 0 aliphatic carbocycles. The molecule has 0 bridgehead atoms. The molecular formula is C20H22N2O2S2. The molecule has 0 aliphatic heterocycles. The summed E-state index contributed by atoms with van der Waals surface area (Å²) >= 11 is 2.98. The minimum absolute atomic E-state index is 0.0400. The van der Waals surface area contributed by atoms with Gasteiger partial charge in [-0.15, -0.1) is 11.3 Å². The SMILES string of the molecule is Cc1cc(C(=O)CSc2nc3ccccc3c(=O)n2CC(C)C)c(C)s1. The number of hydrogen-bond acceptors (Lipinski definition) is 5. The molecule has 0 saturated heterocycles. The largest absolute Gasteiger partial charge is 0.293 e. The molecule has 3 rings (SSSR count). The number of rotatable bonds is 6. The summed E-state index contributed by atoms with van der Waals surface area (Å²) < 4.78 is 1.71. The Morgan fingerprint density at radius 1 is 1.27 bits per heavy atom. The Balaban J connectivity index is 1.94. The smallest absolute Gasteiger partial charge is 0.262 e. The summed E-state index contributed by atoms with van der Waals surface area (Å²) in [5.41, 5.74) is 1.41. The van der Waals surface area contributed by atoms with E-state index in [0.717, 1.165) is 15.3 Å². The van der Waals surface area contributed by atoms with Crippen molar-refractivity contribution in [3.8, 4) is 0 Å². The maximum Gasteiger partial charge on any atom is 0.262 e. The number of thioether (sulfide) groups is 1. The Morgan fingerprint density at radius 2 is 2.00 bits per heavy atom. The topological polar surface area (TPSA) is 52.0 Å². The summed E-state index contributed by atoms with van der Waals surface area (Å²) in [5, 5.41) is 1.23. The van der Waals surface area contributed by atoms with Crippen molar-refractivity contribution in [3.05, 3.63) is 56.0 Å². The van der Waals surface area contributed by atoms with Crippen LogP contribution in [0.5, 0.6) is 0 Å². The van der Waals surface area contributed by atoms with Crippen LogP contribution in [0.1, 0.15) is 34.0 Å². The highest BCUT2D eigenvalue weighted by Crippen LogP contribution is 2.24. The monoisotopic (exact) mass is 386 g/mol. The number of thiophene rings is 1. The van der Waals surface area contributed by atoms with E-state index in [1.54, 1.807) is 22.0 Å². The number of aromatic nitrogens is 2. The molecule has 6 heteroatoms. The van der Waals surface area contributed by atoms with Crippen molar-refractivity contribution in [2.24, 2.45) is 5.92 Å². The lowest BCUT2D eigenvalue weighted by atomic mass is 10.2. The molecule has 3 aromatic rings. The number of nitrogens with zero attached hydrogens (tertiary/aromatic N) is 2. The fourth-order valence-electron chi connectivity index (χ4n) is 2.90. The van der Waals surface area contributed by atoms with Crippen LogP contribution in [0.25, 0.3) is 10.9 Å². The molecule has 26 heavy (non-hydrogen) atoms. The van der Waals surface area contributed by atoms with Gasteiger partial charge in [-0.3, -0.25) is 14.2 Å². The molecule has 0 unspecified atom stereocenters. The van der Waals surface area contributed by atoms with E-state index in [9.17, 15) is 9.59 Å². The molecule has 136 valence electrons. The van der Waals surface area contributed by atoms with Crippen LogP contribution in [0.4, 0.5) is 0 Å². The van der Waals surface area contributed by atoms with Crippen molar-refractivity contribution in [3.63, 3.8) is 0 Å². The van der Waals surface area contributed by atoms with Gasteiger partial charge in [0.05, 0.1) is 16.7 Å². The Labute approximate surface area is 161 Å². The Bertz CT molecular complexity index is 1020. The third-order valence-electron chi connectivity index (χ3n) is 4.05. The molecule has 0 fully saturated rings. The van der Waals surface area contributed by atoms with Crippen LogP contribution in [-0.4, -0.2) is 21.1 Å². The molecule has 4 nitrogen and oxygen atoms in total. The van der Waals surface area contributed by atoms with E-state index >= 15 is 0 Å². The molecule has 0 aliphatic rings. The number of hydrogen-bond donors (Lipinski definition) is 0. The molecule has 0 spiro atoms. The Morgan fingerprint density at radius 3 is 2.65 bits per heavy atom. The fourth-order valence-corrected chi connectivity index (χ4v) is 4.73. The van der Waals surface area contributed by atoms with E-state index in [0.29, 0.717) is 28.5 Å². The van der Waals surface area contributed by atoms with Gasteiger partial charge in [0.1, 0.15) is 0 Å². The summed E-state index contributed by atoms with van der Waals surface area (Å²) in [4.78, 5) is 32.3. The highest BCUT2D eigenvalue weighted by atomic mass is 32.2. The standard InChI is InChI=1S/C20H22N2O2S2/c1-12(2)10-22-19(24)15-7-5-6-8-17(15)21-20(22)25-11-18(23)16-9-13(3)26-14(16)4/h5-9,12H,10-11H2,1-4H3. The van der Waals surface area contributed by atoms with Crippen LogP contribution in [0.2, 0.25) is 0 Å². The number of fused-ring (bicyclic) bond motifs is 1. The highest BCUT2D eigenvalue weighted by Gasteiger charge is 2.16. The van der Waals surface area contributed by atoms with Gasteiger partial charge in [0.15, 0.2) is 10.9 Å². The number of benzene rings is 1. The van der Waals surface area contributed by atoms with Gasteiger partial charge in [0, 0.05) is 21.9 Å². The highest BCUT2D eigenvalue weighted by molar-refractivity contribution is 7.99. The molecule has 0 amide bonds. The van der Waals surface area contributed by atoms with Gasteiger partial charge < -0.3 is 0 Å². The number of Topliss-reactive ketones (excluding diaryl/α,β-unsaturated/α-hetero) is 1. The lowest BCUT2D eigenvalue weighted by molar-refractivity contribution is 0.102. The van der Waals surface area contributed by atoms with Crippen LogP contribution in [-0.2, 0) is 6.54 Å². The van der Waals surface area contributed by atoms with E-state index < -0.39 is 0 Å². The van der Waals surface area contributed by atoms with Crippen molar-refractivity contribution in [1.29, 1.82) is 0 Å². The van der Waals surface area contributed by atoms with Crippen molar-refractivity contribution in [2.45, 2.75) is 39.4 Å². The maximum atomic E-state index is 12.9. The van der Waals surface area contributed by atoms with Gasteiger partial charge in [0.2, 0.25) is 0 Å². The number of carbonyl (C=O) groups excluding carboxylic acids is 1. The predicted octanol–water partition coefficient (Wildman–Crippen LogP) is 4.71. The normalized spacial score (nSPS) is 11.4. The fraction of sp³-hybridized carbons (Fsp3) is 0.350. The molecule has 0 radical (unpaired) electrons. The Kier molecular flexibility index (Phi) is 5.63. The van der Waals surface area contributed by atoms with Crippen LogP contribution in [0, 0.1) is 19.8 Å². The number of para-hydroxylation sites is 1. The van der Waals surface area contributed by atoms with Crippen molar-refractivity contribution in [1.82, 2.24) is 9.55 Å². The van der Waals surface area contributed by atoms with Crippen molar-refractivity contribution in [2.75, 3.05) is 5.75 Å². The second kappa shape index (κ2) is 7.76. The van der Waals surface area contributed by atoms with Crippen LogP contribution in [0.15, 0.2) is 40.3 Å². The second-order valence-electron chi connectivity index (χ2n) is 6.76. The average Bonchev–Trinajstić information content (AvgIpc) is 2.94. The number of carbonyl (C=O) groups is 1. The van der Waals surface area contributed by atoms with E-state index in [-0.39, 0.29) is 17.1 Å². The zero-order chi connectivity index (χ0) is 18.8. The number of aryl methyl sites for hydroxylation is 2. The van der Waals surface area contributed by atoms with Crippen LogP contribution in [0.3, 0.4) is 0 Å². The second-order valence-corrected chi connectivity index (χ2v) is 9.16. The first-order valence-corrected chi connectivity index (χ1v) is 10.4. The lowest BCUT2D eigenvalue weighted by Crippen LogP contribution is -2.25. The van der Waals surface area contributed by atoms with Gasteiger partial charge >= 0.3 is 0 Å². The zero-order valence-corrected chi connectivity index (χ0v) is 17.0. The summed E-state index contributed by atoms with van der Waals surface area (Å²) in [7, 11) is 0. The van der Waals surface area contributed by atoms with E-state index in [1.807, 2.05) is 38.1 Å². The summed E-state index contributed by atoms with van der Waals surface area (Å²) in [6.07, 6.45) is 0. The van der Waals surface area contributed by atoms with Gasteiger partial charge in [-0.1, -0.05) is 37.7 Å². The summed E-state index contributed by atoms with van der Waals surface area (Å²) in [6, 6.07) is 9.31. The predicted molar refractivity (Wildman–Crippen MR) is 110 cm³/mol. The first-order valence-electron chi connectivity index (χ1n) is 8.59. The molecule has 0 atom stereocenters. The first kappa shape index (κ1) is 18.9. The lowest BCUT2D eigenvalue weighted by Gasteiger charge is -2.14. The summed E-state index contributed by atoms with van der Waals surface area (Å²) in [6.45, 7) is 8.70. The molecule has 0 N–H and O–H groups in total. The quantitative estimate of drug-likeness (QED) is 0.350. The van der Waals surface area contributed by atoms with Crippen LogP contribution >= 0.6 is 23.1 Å². The van der Waals surface area contributed by atoms with Gasteiger partial charge in [-0.2, -0.15) is 0 Å². The first-order chi connectivity index (χ1) is 12.4. The van der Waals surface area contributed by atoms with Crippen molar-refractivity contribution >= 4 is 39.8 Å². The van der Waals surface area contributed by atoms with Crippen molar-refractivity contribution < 1.29 is 4.79 Å². The Hall–Kier alpha value is -1.92. The molecule has 2 aromatic heterocycles. The number of ketones is 1. The molecular weight excluding hydrogens is 364 g/mol. The average molecular weight is 387 g/mol. The third kappa shape index (κ3) is 3.91. The van der Waals surface area contributed by atoms with E-state index in [4.69, 9.17) is 0 Å². The minimum atomic E-state index is -0.0400. The van der Waals surface area contributed by atoms with Gasteiger partial charge in [-0.05, 0) is 38.0 Å². The van der Waals surface area contributed by atoms with E-state index in [1.165, 1.54) is 11.8 Å². The summed E-state index contributed by atoms with van der Waals surface area (Å²) in [5.74, 6) is 0.669. The maximum absolute atomic E-state index is 12.9. The third-order valence-corrected chi connectivity index (χ3v) is 5.99. The van der Waals surface area contributed by atoms with Gasteiger partial charge in [0.25, 0.3) is 5.56 Å². The molecule has 0 saturated carbocycles. The van der Waals surface area contributed by atoms with Gasteiger partial charge in [-0.25, -0.2) is 4.98 Å². The van der Waals surface area contributed by atoms with Crippen LogP contribution < -0.4 is 5.56 Å². The molecule has 2 heterocycles. The zero-order valence-electron chi connectivity index (χ0n) is 15.4. The minimum Gasteiger partial charge on any atom is -0.293 e.